The zero-order valence-corrected chi connectivity index (χ0v) is 16.2. The number of amides is 1. The minimum absolute atomic E-state index is 0.149. The molecule has 2 N–H and O–H groups in total. The summed E-state index contributed by atoms with van der Waals surface area (Å²) in [5, 5.41) is 0. The van der Waals surface area contributed by atoms with Gasteiger partial charge in [0, 0.05) is 36.2 Å². The van der Waals surface area contributed by atoms with Gasteiger partial charge in [-0.2, -0.15) is 0 Å². The molecule has 2 aromatic carbocycles. The molecule has 5 nitrogen and oxygen atoms in total. The molecule has 0 atom stereocenters. The van der Waals surface area contributed by atoms with Gasteiger partial charge >= 0.3 is 0 Å². The normalized spacial score (nSPS) is 14.4. The van der Waals surface area contributed by atoms with E-state index >= 15 is 0 Å². The van der Waals surface area contributed by atoms with Gasteiger partial charge in [0.15, 0.2) is 5.78 Å². The fraction of sp³-hybridized carbons (Fsp3) is 0.263. The molecule has 27 heavy (non-hydrogen) atoms. The zero-order valence-electron chi connectivity index (χ0n) is 14.6. The van der Waals surface area contributed by atoms with Gasteiger partial charge in [-0.3, -0.25) is 9.59 Å². The summed E-state index contributed by atoms with van der Waals surface area (Å²) in [5.74, 6) is -2.16. The van der Waals surface area contributed by atoms with E-state index in [0.29, 0.717) is 47.6 Å². The Morgan fingerprint density at radius 3 is 2.07 bits per heavy atom. The molecule has 0 radical (unpaired) electrons. The second-order valence-electron chi connectivity index (χ2n) is 6.34. The Kier molecular flexibility index (Phi) is 5.46. The summed E-state index contributed by atoms with van der Waals surface area (Å²) in [4.78, 5) is 26.7. The molecule has 0 unspecified atom stereocenters. The first-order chi connectivity index (χ1) is 12.8. The van der Waals surface area contributed by atoms with Gasteiger partial charge < -0.3 is 15.5 Å². The van der Waals surface area contributed by atoms with Gasteiger partial charge in [0.05, 0.1) is 16.9 Å². The molecule has 8 heteroatoms. The van der Waals surface area contributed by atoms with Crippen molar-refractivity contribution in [1.29, 1.82) is 0 Å². The summed E-state index contributed by atoms with van der Waals surface area (Å²) in [6, 6.07) is 7.28. The molecule has 142 valence electrons. The molecular formula is C19H18BrF2N3O2. The third-order valence-corrected chi connectivity index (χ3v) is 5.05. The monoisotopic (exact) mass is 437 g/mol. The highest BCUT2D eigenvalue weighted by Crippen LogP contribution is 2.30. The average Bonchev–Trinajstić information content (AvgIpc) is 2.60. The van der Waals surface area contributed by atoms with E-state index in [0.717, 1.165) is 0 Å². The Morgan fingerprint density at radius 2 is 1.56 bits per heavy atom. The number of benzene rings is 2. The van der Waals surface area contributed by atoms with Crippen LogP contribution in [0.1, 0.15) is 27.6 Å². The highest BCUT2D eigenvalue weighted by Gasteiger charge is 2.25. The van der Waals surface area contributed by atoms with Gasteiger partial charge in [0.2, 0.25) is 0 Å². The van der Waals surface area contributed by atoms with Crippen LogP contribution >= 0.6 is 15.9 Å². The number of hydrogen-bond acceptors (Lipinski definition) is 4. The summed E-state index contributed by atoms with van der Waals surface area (Å²) in [6.07, 6.45) is 0. The van der Waals surface area contributed by atoms with Gasteiger partial charge in [0.1, 0.15) is 11.6 Å². The van der Waals surface area contributed by atoms with E-state index in [1.807, 2.05) is 9.80 Å². The van der Waals surface area contributed by atoms with Crippen LogP contribution in [0.3, 0.4) is 0 Å². The summed E-state index contributed by atoms with van der Waals surface area (Å²) in [6.45, 7) is 3.26. The number of nitrogens with two attached hydrogens (primary N) is 1. The topological polar surface area (TPSA) is 66.6 Å². The van der Waals surface area contributed by atoms with Crippen molar-refractivity contribution in [3.05, 3.63) is 57.6 Å². The van der Waals surface area contributed by atoms with E-state index in [1.165, 1.54) is 19.1 Å². The third kappa shape index (κ3) is 3.95. The number of hydrogen-bond donors (Lipinski definition) is 1. The summed E-state index contributed by atoms with van der Waals surface area (Å²) < 4.78 is 29.0. The molecule has 1 aliphatic rings. The number of Topliss-reactive ketones (excluding diaryl/α,β-unsaturated/α-hetero) is 1. The van der Waals surface area contributed by atoms with Gasteiger partial charge in [-0.25, -0.2) is 8.78 Å². The molecule has 1 aliphatic heterocycles. The molecule has 0 aliphatic carbocycles. The smallest absolute Gasteiger partial charge is 0.253 e. The largest absolute Gasteiger partial charge is 0.367 e. The predicted molar refractivity (Wildman–Crippen MR) is 103 cm³/mol. The van der Waals surface area contributed by atoms with Crippen molar-refractivity contribution in [2.45, 2.75) is 6.92 Å². The van der Waals surface area contributed by atoms with Crippen LogP contribution in [0.2, 0.25) is 0 Å². The van der Waals surface area contributed by atoms with Crippen LogP contribution in [0.25, 0.3) is 0 Å². The number of carbonyl (C=O) groups excluding carboxylic acids is 2. The predicted octanol–water partition coefficient (Wildman–Crippen LogP) is 3.36. The zero-order chi connectivity index (χ0) is 19.7. The van der Waals surface area contributed by atoms with Gasteiger partial charge in [-0.15, -0.1) is 0 Å². The number of nitrogens with zero attached hydrogens (tertiary/aromatic N) is 2. The lowest BCUT2D eigenvalue weighted by molar-refractivity contribution is 0.0993. The maximum Gasteiger partial charge on any atom is 0.253 e. The maximum atomic E-state index is 14.4. The summed E-state index contributed by atoms with van der Waals surface area (Å²) >= 11 is 3.23. The molecule has 0 aromatic heterocycles. The first kappa shape index (κ1) is 19.3. The van der Waals surface area contributed by atoms with E-state index in [-0.39, 0.29) is 11.3 Å². The van der Waals surface area contributed by atoms with E-state index in [9.17, 15) is 18.4 Å². The number of primary amides is 1. The van der Waals surface area contributed by atoms with Gasteiger partial charge in [-0.05, 0) is 37.3 Å². The lowest BCUT2D eigenvalue weighted by Crippen LogP contribution is -2.47. The second-order valence-corrected chi connectivity index (χ2v) is 7.26. The number of ketones is 1. The van der Waals surface area contributed by atoms with Crippen molar-refractivity contribution >= 4 is 39.0 Å². The molecule has 2 aromatic rings. The van der Waals surface area contributed by atoms with E-state index < -0.39 is 17.5 Å². The lowest BCUT2D eigenvalue weighted by atomic mass is 10.1. The number of rotatable bonds is 4. The quantitative estimate of drug-likeness (QED) is 0.744. The molecular weight excluding hydrogens is 420 g/mol. The van der Waals surface area contributed by atoms with Crippen molar-refractivity contribution in [3.63, 3.8) is 0 Å². The minimum atomic E-state index is -0.830. The fourth-order valence-electron chi connectivity index (χ4n) is 3.22. The van der Waals surface area contributed by atoms with Crippen molar-refractivity contribution in [2.24, 2.45) is 5.73 Å². The van der Waals surface area contributed by atoms with E-state index in [4.69, 9.17) is 5.73 Å². The van der Waals surface area contributed by atoms with Crippen LogP contribution in [-0.4, -0.2) is 37.9 Å². The maximum absolute atomic E-state index is 14.4. The van der Waals surface area contributed by atoms with Gasteiger partial charge in [-0.1, -0.05) is 15.9 Å². The summed E-state index contributed by atoms with van der Waals surface area (Å²) in [5.41, 5.74) is 6.35. The van der Waals surface area contributed by atoms with Crippen LogP contribution in [0.15, 0.2) is 34.8 Å². The number of anilines is 2. The minimum Gasteiger partial charge on any atom is -0.367 e. The number of piperazine rings is 1. The molecule has 0 saturated carbocycles. The van der Waals surface area contributed by atoms with Gasteiger partial charge in [0.25, 0.3) is 5.91 Å². The lowest BCUT2D eigenvalue weighted by Gasteiger charge is -2.38. The second kappa shape index (κ2) is 7.64. The molecule has 3 rings (SSSR count). The first-order valence-corrected chi connectivity index (χ1v) is 9.16. The molecule has 1 amide bonds. The number of carbonyl (C=O) groups is 2. The van der Waals surface area contributed by atoms with E-state index in [2.05, 4.69) is 15.9 Å². The number of halogens is 3. The SMILES string of the molecule is CC(=O)c1ccc(N2CCN(c3cc(Br)cc(F)c3C(N)=O)CC2)c(F)c1. The van der Waals surface area contributed by atoms with Crippen LogP contribution in [0.5, 0.6) is 0 Å². The van der Waals surface area contributed by atoms with Crippen LogP contribution < -0.4 is 15.5 Å². The third-order valence-electron chi connectivity index (χ3n) is 4.60. The molecule has 0 bridgehead atoms. The van der Waals surface area contributed by atoms with Crippen LogP contribution in [0.4, 0.5) is 20.2 Å². The van der Waals surface area contributed by atoms with Crippen molar-refractivity contribution in [3.8, 4) is 0 Å². The summed E-state index contributed by atoms with van der Waals surface area (Å²) in [7, 11) is 0. The molecule has 1 saturated heterocycles. The van der Waals surface area contributed by atoms with Crippen LogP contribution in [-0.2, 0) is 0 Å². The standard InChI is InChI=1S/C19H18BrF2N3O2/c1-11(26)12-2-3-16(14(21)8-12)24-4-6-25(7-5-24)17-10-13(20)9-15(22)18(17)19(23)27/h2-3,8-10H,4-7H2,1H3,(H2,23,27). The Bertz CT molecular complexity index is 912. The van der Waals surface area contributed by atoms with Crippen LogP contribution in [0, 0.1) is 11.6 Å². The Labute approximate surface area is 163 Å². The highest BCUT2D eigenvalue weighted by molar-refractivity contribution is 9.10. The first-order valence-electron chi connectivity index (χ1n) is 8.37. The van der Waals surface area contributed by atoms with Crippen molar-refractivity contribution in [2.75, 3.05) is 36.0 Å². The highest BCUT2D eigenvalue weighted by atomic mass is 79.9. The Morgan fingerprint density at radius 1 is 0.963 bits per heavy atom. The van der Waals surface area contributed by atoms with Crippen molar-refractivity contribution in [1.82, 2.24) is 0 Å². The average molecular weight is 438 g/mol. The Hall–Kier alpha value is -2.48. The molecule has 1 heterocycles. The van der Waals surface area contributed by atoms with Crippen molar-refractivity contribution < 1.29 is 18.4 Å². The molecule has 0 spiro atoms. The Balaban J connectivity index is 1.81. The van der Waals surface area contributed by atoms with E-state index in [1.54, 1.807) is 18.2 Å². The fourth-order valence-corrected chi connectivity index (χ4v) is 3.64. The molecule has 1 fully saturated rings.